The standard InChI is InChI=1S/C14H10BrCl2FO2/c1-7(19)9-4-8(18)2-3-13(9)20-14-6-11(16)10(15)5-12(14)17/h2-7,19H,1H3. The quantitative estimate of drug-likeness (QED) is 0.689. The summed E-state index contributed by atoms with van der Waals surface area (Å²) in [5.74, 6) is 0.197. The molecule has 2 aromatic rings. The van der Waals surface area contributed by atoms with E-state index in [4.69, 9.17) is 27.9 Å². The Hall–Kier alpha value is -0.810. The van der Waals surface area contributed by atoms with Crippen molar-refractivity contribution >= 4 is 39.1 Å². The first kappa shape index (κ1) is 15.6. The van der Waals surface area contributed by atoms with E-state index >= 15 is 0 Å². The third kappa shape index (κ3) is 3.44. The number of hydrogen-bond acceptors (Lipinski definition) is 2. The first-order valence-corrected chi connectivity index (χ1v) is 7.23. The molecule has 2 nitrogen and oxygen atoms in total. The molecule has 6 heteroatoms. The van der Waals surface area contributed by atoms with Gasteiger partial charge < -0.3 is 9.84 Å². The Labute approximate surface area is 134 Å². The van der Waals surface area contributed by atoms with Gasteiger partial charge in [0.15, 0.2) is 0 Å². The van der Waals surface area contributed by atoms with Crippen LogP contribution in [0.3, 0.4) is 0 Å². The molecule has 1 N–H and O–H groups in total. The molecule has 0 radical (unpaired) electrons. The van der Waals surface area contributed by atoms with Crippen LogP contribution in [-0.4, -0.2) is 5.11 Å². The second kappa shape index (κ2) is 6.31. The summed E-state index contributed by atoms with van der Waals surface area (Å²) >= 11 is 15.3. The van der Waals surface area contributed by atoms with E-state index in [1.807, 2.05) is 0 Å². The Morgan fingerprint density at radius 2 is 1.85 bits per heavy atom. The molecular weight excluding hydrogens is 370 g/mol. The molecule has 2 aromatic carbocycles. The van der Waals surface area contributed by atoms with E-state index in [-0.39, 0.29) is 0 Å². The summed E-state index contributed by atoms with van der Waals surface area (Å²) in [6, 6.07) is 7.04. The maximum Gasteiger partial charge on any atom is 0.147 e. The normalized spacial score (nSPS) is 12.3. The van der Waals surface area contributed by atoms with Gasteiger partial charge in [-0.05, 0) is 47.1 Å². The Kier molecular flexibility index (Phi) is 4.91. The van der Waals surface area contributed by atoms with Crippen molar-refractivity contribution in [2.75, 3.05) is 0 Å². The van der Waals surface area contributed by atoms with E-state index in [9.17, 15) is 9.50 Å². The summed E-state index contributed by atoms with van der Waals surface area (Å²) in [6.07, 6.45) is -0.870. The van der Waals surface area contributed by atoms with Crippen LogP contribution in [0.5, 0.6) is 11.5 Å². The lowest BCUT2D eigenvalue weighted by Gasteiger charge is -2.14. The van der Waals surface area contributed by atoms with E-state index < -0.39 is 11.9 Å². The molecule has 0 aliphatic carbocycles. The average Bonchev–Trinajstić information content (AvgIpc) is 2.37. The largest absolute Gasteiger partial charge is 0.455 e. The fourth-order valence-corrected chi connectivity index (χ4v) is 2.47. The van der Waals surface area contributed by atoms with E-state index in [1.54, 1.807) is 12.1 Å². The zero-order valence-electron chi connectivity index (χ0n) is 10.3. The molecule has 0 saturated carbocycles. The van der Waals surface area contributed by atoms with Crippen LogP contribution in [0.4, 0.5) is 4.39 Å². The number of rotatable bonds is 3. The highest BCUT2D eigenvalue weighted by Crippen LogP contribution is 2.38. The molecule has 0 aliphatic rings. The third-order valence-corrected chi connectivity index (χ3v) is 4.11. The Balaban J connectivity index is 2.42. The average molecular weight is 380 g/mol. The minimum Gasteiger partial charge on any atom is -0.455 e. The van der Waals surface area contributed by atoms with Crippen molar-refractivity contribution in [2.45, 2.75) is 13.0 Å². The van der Waals surface area contributed by atoms with Gasteiger partial charge in [0.1, 0.15) is 17.3 Å². The van der Waals surface area contributed by atoms with Gasteiger partial charge in [-0.2, -0.15) is 0 Å². The smallest absolute Gasteiger partial charge is 0.147 e. The van der Waals surface area contributed by atoms with Gasteiger partial charge in [0.25, 0.3) is 0 Å². The molecular formula is C14H10BrCl2FO2. The number of halogens is 4. The van der Waals surface area contributed by atoms with Gasteiger partial charge in [-0.15, -0.1) is 0 Å². The van der Waals surface area contributed by atoms with Crippen molar-refractivity contribution in [3.8, 4) is 11.5 Å². The highest BCUT2D eigenvalue weighted by molar-refractivity contribution is 9.10. The van der Waals surface area contributed by atoms with Gasteiger partial charge in [0.05, 0.1) is 16.1 Å². The topological polar surface area (TPSA) is 29.5 Å². The predicted molar refractivity (Wildman–Crippen MR) is 81.3 cm³/mol. The summed E-state index contributed by atoms with van der Waals surface area (Å²) in [6.45, 7) is 1.53. The van der Waals surface area contributed by atoms with Crippen molar-refractivity contribution in [3.63, 3.8) is 0 Å². The fourth-order valence-electron chi connectivity index (χ4n) is 1.64. The predicted octanol–water partition coefficient (Wildman–Crippen LogP) is 5.74. The first-order chi connectivity index (χ1) is 9.38. The molecule has 0 saturated heterocycles. The van der Waals surface area contributed by atoms with Crippen LogP contribution < -0.4 is 4.74 Å². The van der Waals surface area contributed by atoms with E-state index in [2.05, 4.69) is 15.9 Å². The zero-order valence-corrected chi connectivity index (χ0v) is 13.4. The minimum absolute atomic E-state index is 0.321. The molecule has 0 amide bonds. The van der Waals surface area contributed by atoms with Gasteiger partial charge >= 0.3 is 0 Å². The Bertz CT molecular complexity index is 647. The van der Waals surface area contributed by atoms with Gasteiger partial charge in [0, 0.05) is 16.1 Å². The molecule has 0 aromatic heterocycles. The zero-order chi connectivity index (χ0) is 14.9. The van der Waals surface area contributed by atoms with Crippen LogP contribution >= 0.6 is 39.1 Å². The Morgan fingerprint density at radius 1 is 1.15 bits per heavy atom. The lowest BCUT2D eigenvalue weighted by Crippen LogP contribution is -1.97. The van der Waals surface area contributed by atoms with Crippen molar-refractivity contribution < 1.29 is 14.2 Å². The van der Waals surface area contributed by atoms with Crippen LogP contribution in [0.1, 0.15) is 18.6 Å². The van der Waals surface area contributed by atoms with Gasteiger partial charge in [-0.1, -0.05) is 23.2 Å². The van der Waals surface area contributed by atoms with Crippen molar-refractivity contribution in [1.82, 2.24) is 0 Å². The lowest BCUT2D eigenvalue weighted by molar-refractivity contribution is 0.195. The minimum atomic E-state index is -0.870. The summed E-state index contributed by atoms with van der Waals surface area (Å²) in [5, 5.41) is 10.4. The maximum absolute atomic E-state index is 13.2. The van der Waals surface area contributed by atoms with Crippen LogP contribution in [0, 0.1) is 5.82 Å². The van der Waals surface area contributed by atoms with Crippen molar-refractivity contribution in [3.05, 3.63) is 56.2 Å². The van der Waals surface area contributed by atoms with Gasteiger partial charge in [-0.25, -0.2) is 4.39 Å². The summed E-state index contributed by atoms with van der Waals surface area (Å²) < 4.78 is 19.5. The number of hydrogen-bond donors (Lipinski definition) is 1. The van der Waals surface area contributed by atoms with Crippen LogP contribution in [0.2, 0.25) is 10.0 Å². The Morgan fingerprint density at radius 3 is 2.50 bits per heavy atom. The maximum atomic E-state index is 13.2. The molecule has 20 heavy (non-hydrogen) atoms. The molecule has 0 aliphatic heterocycles. The monoisotopic (exact) mass is 378 g/mol. The van der Waals surface area contributed by atoms with Crippen molar-refractivity contribution in [2.24, 2.45) is 0 Å². The van der Waals surface area contributed by atoms with E-state index in [1.165, 1.54) is 25.1 Å². The van der Waals surface area contributed by atoms with E-state index in [0.717, 1.165) is 0 Å². The SMILES string of the molecule is CC(O)c1cc(F)ccc1Oc1cc(Cl)c(Br)cc1Cl. The molecule has 1 atom stereocenters. The molecule has 0 bridgehead atoms. The van der Waals surface area contributed by atoms with Crippen LogP contribution in [0.25, 0.3) is 0 Å². The third-order valence-electron chi connectivity index (χ3n) is 2.62. The lowest BCUT2D eigenvalue weighted by atomic mass is 10.1. The van der Waals surface area contributed by atoms with Gasteiger partial charge in [-0.3, -0.25) is 0 Å². The molecule has 0 spiro atoms. The number of aliphatic hydroxyl groups excluding tert-OH is 1. The number of aliphatic hydroxyl groups is 1. The summed E-state index contributed by atoms with van der Waals surface area (Å²) in [7, 11) is 0. The molecule has 0 heterocycles. The van der Waals surface area contributed by atoms with Crippen LogP contribution in [-0.2, 0) is 0 Å². The molecule has 106 valence electrons. The first-order valence-electron chi connectivity index (χ1n) is 5.68. The molecule has 1 unspecified atom stereocenters. The van der Waals surface area contributed by atoms with Crippen molar-refractivity contribution in [1.29, 1.82) is 0 Å². The second-order valence-electron chi connectivity index (χ2n) is 4.16. The molecule has 0 fully saturated rings. The number of benzene rings is 2. The molecule has 2 rings (SSSR count). The van der Waals surface area contributed by atoms with Crippen LogP contribution in [0.15, 0.2) is 34.8 Å². The summed E-state index contributed by atoms with van der Waals surface area (Å²) in [4.78, 5) is 0. The van der Waals surface area contributed by atoms with E-state index in [0.29, 0.717) is 31.6 Å². The highest BCUT2D eigenvalue weighted by Gasteiger charge is 2.14. The fraction of sp³-hybridized carbons (Fsp3) is 0.143. The summed E-state index contributed by atoms with van der Waals surface area (Å²) in [5.41, 5.74) is 0.333. The highest BCUT2D eigenvalue weighted by atomic mass is 79.9. The second-order valence-corrected chi connectivity index (χ2v) is 5.83. The number of ether oxygens (including phenoxy) is 1. The van der Waals surface area contributed by atoms with Gasteiger partial charge in [0.2, 0.25) is 0 Å².